The standard InChI is InChI=1S/C30H32BrNO6S/c1-29(2)13-20-26(22(33)15-29)25(27-21(32-20)14-30(3,4)16-23(27)34)17-11-19(31)28(24(12-17)37-5)38-39(35,36)18-9-7-6-8-10-18/h6-12,25,32H,13-16H2,1-5H3. The Morgan fingerprint density at radius 2 is 1.41 bits per heavy atom. The summed E-state index contributed by atoms with van der Waals surface area (Å²) >= 11 is 3.49. The van der Waals surface area contributed by atoms with Crippen LogP contribution in [0.15, 0.2) is 74.4 Å². The third-order valence-electron chi connectivity index (χ3n) is 7.53. The smallest absolute Gasteiger partial charge is 0.339 e. The molecule has 206 valence electrons. The summed E-state index contributed by atoms with van der Waals surface area (Å²) in [6.07, 6.45) is 2.12. The molecule has 0 saturated heterocycles. The van der Waals surface area contributed by atoms with Crippen molar-refractivity contribution >= 4 is 37.6 Å². The summed E-state index contributed by atoms with van der Waals surface area (Å²) in [6, 6.07) is 11.3. The van der Waals surface area contributed by atoms with Crippen molar-refractivity contribution in [2.75, 3.05) is 7.11 Å². The Morgan fingerprint density at radius 3 is 1.92 bits per heavy atom. The first-order chi connectivity index (χ1) is 18.2. The number of dihydropyridines is 1. The largest absolute Gasteiger partial charge is 0.493 e. The molecule has 5 rings (SSSR count). The summed E-state index contributed by atoms with van der Waals surface area (Å²) in [7, 11) is -2.71. The SMILES string of the molecule is COc1cc(C2C3=C(CC(C)(C)CC3=O)NC3=C2C(=O)CC(C)(C)C3)cc(Br)c1OS(=O)(=O)c1ccccc1. The lowest BCUT2D eigenvalue weighted by atomic mass is 9.64. The highest BCUT2D eigenvalue weighted by atomic mass is 79.9. The number of ether oxygens (including phenoxy) is 1. The average Bonchev–Trinajstić information content (AvgIpc) is 2.82. The number of hydrogen-bond donors (Lipinski definition) is 1. The maximum absolute atomic E-state index is 13.6. The Labute approximate surface area is 237 Å². The van der Waals surface area contributed by atoms with Gasteiger partial charge in [0.15, 0.2) is 23.1 Å². The zero-order chi connectivity index (χ0) is 28.3. The van der Waals surface area contributed by atoms with Gasteiger partial charge in [-0.05, 0) is 69.4 Å². The van der Waals surface area contributed by atoms with E-state index in [4.69, 9.17) is 8.92 Å². The molecule has 0 saturated carbocycles. The van der Waals surface area contributed by atoms with Crippen LogP contribution >= 0.6 is 15.9 Å². The quantitative estimate of drug-likeness (QED) is 0.401. The van der Waals surface area contributed by atoms with Gasteiger partial charge in [0, 0.05) is 41.3 Å². The number of Topliss-reactive ketones (excluding diaryl/α,β-unsaturated/α-hetero) is 2. The predicted octanol–water partition coefficient (Wildman–Crippen LogP) is 6.20. The van der Waals surface area contributed by atoms with Crippen molar-refractivity contribution in [3.05, 3.63) is 75.0 Å². The molecular weight excluding hydrogens is 582 g/mol. The van der Waals surface area contributed by atoms with Crippen LogP contribution in [0.3, 0.4) is 0 Å². The number of rotatable bonds is 5. The van der Waals surface area contributed by atoms with Gasteiger partial charge in [-0.1, -0.05) is 45.9 Å². The lowest BCUT2D eigenvalue weighted by molar-refractivity contribution is -0.119. The van der Waals surface area contributed by atoms with Gasteiger partial charge in [0.1, 0.15) is 4.90 Å². The number of allylic oxidation sites excluding steroid dienone is 4. The van der Waals surface area contributed by atoms with Gasteiger partial charge in [0.2, 0.25) is 0 Å². The normalized spacial score (nSPS) is 20.8. The van der Waals surface area contributed by atoms with Gasteiger partial charge in [-0.15, -0.1) is 0 Å². The molecule has 2 aromatic rings. The Hall–Kier alpha value is -2.91. The van der Waals surface area contributed by atoms with E-state index in [1.165, 1.54) is 19.2 Å². The highest BCUT2D eigenvalue weighted by Gasteiger charge is 2.46. The fourth-order valence-corrected chi connectivity index (χ4v) is 7.58. The molecule has 0 aromatic heterocycles. The van der Waals surface area contributed by atoms with Crippen molar-refractivity contribution in [3.63, 3.8) is 0 Å². The second-order valence-electron chi connectivity index (χ2n) is 12.1. The summed E-state index contributed by atoms with van der Waals surface area (Å²) in [5.41, 5.74) is 3.15. The molecule has 0 spiro atoms. The number of halogens is 1. The molecule has 0 unspecified atom stereocenters. The van der Waals surface area contributed by atoms with Crippen molar-refractivity contribution in [1.29, 1.82) is 0 Å². The van der Waals surface area contributed by atoms with E-state index in [1.54, 1.807) is 30.3 Å². The van der Waals surface area contributed by atoms with Gasteiger partial charge in [-0.2, -0.15) is 8.42 Å². The molecule has 7 nitrogen and oxygen atoms in total. The van der Waals surface area contributed by atoms with Crippen molar-refractivity contribution in [3.8, 4) is 11.5 Å². The van der Waals surface area contributed by atoms with Gasteiger partial charge in [-0.25, -0.2) is 0 Å². The van der Waals surface area contributed by atoms with E-state index < -0.39 is 16.0 Å². The third kappa shape index (κ3) is 5.18. The average molecular weight is 615 g/mol. The van der Waals surface area contributed by atoms with E-state index in [2.05, 4.69) is 48.9 Å². The molecule has 2 aromatic carbocycles. The molecule has 0 amide bonds. The summed E-state index contributed by atoms with van der Waals surface area (Å²) in [5.74, 6) is -0.410. The van der Waals surface area contributed by atoms with Crippen LogP contribution in [0.5, 0.6) is 11.5 Å². The fourth-order valence-electron chi connectivity index (χ4n) is 5.95. The number of nitrogens with one attached hydrogen (secondary N) is 1. The van der Waals surface area contributed by atoms with Crippen LogP contribution < -0.4 is 14.2 Å². The minimum Gasteiger partial charge on any atom is -0.493 e. The number of hydrogen-bond acceptors (Lipinski definition) is 7. The van der Waals surface area contributed by atoms with Gasteiger partial charge < -0.3 is 14.2 Å². The number of carbonyl (C=O) groups is 2. The summed E-state index contributed by atoms with van der Waals surface area (Å²) in [4.78, 5) is 27.2. The molecule has 1 N–H and O–H groups in total. The molecule has 9 heteroatoms. The first kappa shape index (κ1) is 27.6. The topological polar surface area (TPSA) is 98.8 Å². The summed E-state index contributed by atoms with van der Waals surface area (Å²) < 4.78 is 37.4. The maximum Gasteiger partial charge on any atom is 0.339 e. The lowest BCUT2D eigenvalue weighted by Crippen LogP contribution is -2.42. The first-order valence-electron chi connectivity index (χ1n) is 12.9. The molecule has 1 heterocycles. The molecule has 2 aliphatic carbocycles. The lowest BCUT2D eigenvalue weighted by Gasteiger charge is -2.44. The van der Waals surface area contributed by atoms with Crippen molar-refractivity contribution in [2.24, 2.45) is 10.8 Å². The monoisotopic (exact) mass is 613 g/mol. The first-order valence-corrected chi connectivity index (χ1v) is 15.1. The second-order valence-corrected chi connectivity index (χ2v) is 14.5. The number of carbonyl (C=O) groups excluding carboxylic acids is 2. The Balaban J connectivity index is 1.65. The minimum atomic E-state index is -4.13. The number of benzene rings is 2. The molecule has 0 atom stereocenters. The van der Waals surface area contributed by atoms with Crippen LogP contribution in [-0.4, -0.2) is 27.1 Å². The Bertz CT molecular complexity index is 1500. The van der Waals surface area contributed by atoms with Crippen LogP contribution in [0, 0.1) is 10.8 Å². The van der Waals surface area contributed by atoms with Gasteiger partial charge >= 0.3 is 10.1 Å². The summed E-state index contributed by atoms with van der Waals surface area (Å²) in [6.45, 7) is 8.29. The van der Waals surface area contributed by atoms with Crippen molar-refractivity contribution < 1.29 is 26.9 Å². The van der Waals surface area contributed by atoms with Crippen LogP contribution in [0.4, 0.5) is 0 Å². The maximum atomic E-state index is 13.6. The van der Waals surface area contributed by atoms with E-state index in [0.717, 1.165) is 11.4 Å². The van der Waals surface area contributed by atoms with E-state index >= 15 is 0 Å². The van der Waals surface area contributed by atoms with Crippen LogP contribution in [-0.2, 0) is 19.7 Å². The number of ketones is 2. The fraction of sp³-hybridized carbons (Fsp3) is 0.400. The van der Waals surface area contributed by atoms with E-state index in [-0.39, 0.29) is 38.8 Å². The second kappa shape index (κ2) is 9.63. The van der Waals surface area contributed by atoms with Crippen molar-refractivity contribution in [2.45, 2.75) is 64.2 Å². The molecule has 0 radical (unpaired) electrons. The van der Waals surface area contributed by atoms with Crippen LogP contribution in [0.1, 0.15) is 64.9 Å². The van der Waals surface area contributed by atoms with E-state index in [0.29, 0.717) is 46.9 Å². The zero-order valence-corrected chi connectivity index (χ0v) is 25.1. The minimum absolute atomic E-state index is 0.00463. The molecule has 0 fully saturated rings. The van der Waals surface area contributed by atoms with Crippen LogP contribution in [0.2, 0.25) is 0 Å². The molecule has 0 bridgehead atoms. The van der Waals surface area contributed by atoms with E-state index in [1.807, 2.05) is 0 Å². The molecule has 39 heavy (non-hydrogen) atoms. The highest BCUT2D eigenvalue weighted by molar-refractivity contribution is 9.10. The third-order valence-corrected chi connectivity index (χ3v) is 9.35. The van der Waals surface area contributed by atoms with Gasteiger partial charge in [0.05, 0.1) is 11.6 Å². The van der Waals surface area contributed by atoms with E-state index in [9.17, 15) is 18.0 Å². The molecule has 3 aliphatic rings. The van der Waals surface area contributed by atoms with Gasteiger partial charge in [0.25, 0.3) is 0 Å². The summed E-state index contributed by atoms with van der Waals surface area (Å²) in [5, 5.41) is 3.50. The predicted molar refractivity (Wildman–Crippen MR) is 151 cm³/mol. The van der Waals surface area contributed by atoms with Crippen molar-refractivity contribution in [1.82, 2.24) is 5.32 Å². The molecule has 1 aliphatic heterocycles. The highest BCUT2D eigenvalue weighted by Crippen LogP contribution is 2.52. The van der Waals surface area contributed by atoms with Gasteiger partial charge in [-0.3, -0.25) is 9.59 Å². The Kier molecular flexibility index (Phi) is 6.82. The van der Waals surface area contributed by atoms with Crippen LogP contribution in [0.25, 0.3) is 0 Å². The zero-order valence-electron chi connectivity index (χ0n) is 22.7. The Morgan fingerprint density at radius 1 is 0.872 bits per heavy atom. The number of methoxy groups -OCH3 is 1. The molecular formula is C30H32BrNO6S.